The first-order chi connectivity index (χ1) is 13.3. The molecule has 150 valence electrons. The summed E-state index contributed by atoms with van der Waals surface area (Å²) in [6.07, 6.45) is 0. The molecule has 1 saturated heterocycles. The quantitative estimate of drug-likeness (QED) is 0.860. The van der Waals surface area contributed by atoms with Crippen molar-refractivity contribution in [1.29, 1.82) is 0 Å². The van der Waals surface area contributed by atoms with Gasteiger partial charge in [-0.05, 0) is 32.4 Å². The third-order valence-electron chi connectivity index (χ3n) is 5.34. The summed E-state index contributed by atoms with van der Waals surface area (Å²) < 4.78 is 0. The Bertz CT molecular complexity index is 827. The van der Waals surface area contributed by atoms with Crippen molar-refractivity contribution < 1.29 is 4.79 Å². The van der Waals surface area contributed by atoms with Crippen LogP contribution in [0, 0.1) is 13.8 Å². The number of para-hydroxylation sites is 1. The van der Waals surface area contributed by atoms with Gasteiger partial charge >= 0.3 is 0 Å². The van der Waals surface area contributed by atoms with Crippen LogP contribution >= 0.6 is 0 Å². The normalized spacial score (nSPS) is 16.3. The molecule has 1 aliphatic rings. The highest BCUT2D eigenvalue weighted by atomic mass is 16.2. The summed E-state index contributed by atoms with van der Waals surface area (Å²) in [4.78, 5) is 26.5. The van der Waals surface area contributed by atoms with Crippen molar-refractivity contribution in [3.8, 4) is 0 Å². The van der Waals surface area contributed by atoms with Crippen LogP contribution in [0.4, 0.5) is 11.5 Å². The summed E-state index contributed by atoms with van der Waals surface area (Å²) in [5.74, 6) is 2.24. The van der Waals surface area contributed by atoms with Crippen molar-refractivity contribution in [1.82, 2.24) is 14.9 Å². The maximum atomic E-state index is 12.7. The molecule has 2 heterocycles. The maximum absolute atomic E-state index is 12.7. The predicted molar refractivity (Wildman–Crippen MR) is 114 cm³/mol. The SMILES string of the molecule is Cc1cc(N2CCN([C@@H](C)C(=O)Nc3ccccc3C)CC2)nc(C(C)C)n1. The van der Waals surface area contributed by atoms with Gasteiger partial charge in [0, 0.05) is 49.5 Å². The monoisotopic (exact) mass is 381 g/mol. The van der Waals surface area contributed by atoms with Gasteiger partial charge in [-0.2, -0.15) is 0 Å². The van der Waals surface area contributed by atoms with Gasteiger partial charge in [-0.3, -0.25) is 9.69 Å². The van der Waals surface area contributed by atoms with Crippen LogP contribution in [0.1, 0.15) is 43.8 Å². The first kappa shape index (κ1) is 20.3. The number of aryl methyl sites for hydroxylation is 2. The minimum absolute atomic E-state index is 0.0442. The van der Waals surface area contributed by atoms with Crippen molar-refractivity contribution in [2.24, 2.45) is 0 Å². The van der Waals surface area contributed by atoms with Gasteiger partial charge < -0.3 is 10.2 Å². The van der Waals surface area contributed by atoms with Crippen LogP contribution in [0.2, 0.25) is 0 Å². The number of anilines is 2. The molecular weight excluding hydrogens is 350 g/mol. The second-order valence-electron chi connectivity index (χ2n) is 7.88. The highest BCUT2D eigenvalue weighted by Crippen LogP contribution is 2.20. The molecule has 0 spiro atoms. The molecule has 28 heavy (non-hydrogen) atoms. The maximum Gasteiger partial charge on any atom is 0.241 e. The fourth-order valence-electron chi connectivity index (χ4n) is 3.45. The fourth-order valence-corrected chi connectivity index (χ4v) is 3.45. The number of piperazine rings is 1. The molecule has 1 N–H and O–H groups in total. The molecule has 1 aromatic carbocycles. The number of aromatic nitrogens is 2. The molecule has 1 aliphatic heterocycles. The Balaban J connectivity index is 1.60. The van der Waals surface area contributed by atoms with Crippen molar-refractivity contribution in [3.05, 3.63) is 47.4 Å². The van der Waals surface area contributed by atoms with Gasteiger partial charge in [0.05, 0.1) is 6.04 Å². The number of carbonyl (C=O) groups is 1. The summed E-state index contributed by atoms with van der Waals surface area (Å²) in [6.45, 7) is 13.6. The van der Waals surface area contributed by atoms with E-state index >= 15 is 0 Å². The molecule has 1 fully saturated rings. The smallest absolute Gasteiger partial charge is 0.241 e. The minimum Gasteiger partial charge on any atom is -0.354 e. The van der Waals surface area contributed by atoms with E-state index in [-0.39, 0.29) is 11.9 Å². The molecule has 0 unspecified atom stereocenters. The van der Waals surface area contributed by atoms with E-state index in [9.17, 15) is 4.79 Å². The van der Waals surface area contributed by atoms with Gasteiger partial charge in [-0.25, -0.2) is 9.97 Å². The molecule has 0 bridgehead atoms. The lowest BCUT2D eigenvalue weighted by molar-refractivity contribution is -0.120. The molecule has 1 aromatic heterocycles. The molecule has 2 aromatic rings. The fraction of sp³-hybridized carbons (Fsp3) is 0.500. The topological polar surface area (TPSA) is 61.4 Å². The third kappa shape index (κ3) is 4.68. The number of nitrogens with one attached hydrogen (secondary N) is 1. The highest BCUT2D eigenvalue weighted by Gasteiger charge is 2.26. The van der Waals surface area contributed by atoms with Crippen LogP contribution in [-0.4, -0.2) is 53.0 Å². The van der Waals surface area contributed by atoms with Crippen LogP contribution < -0.4 is 10.2 Å². The van der Waals surface area contributed by atoms with E-state index in [1.807, 2.05) is 45.0 Å². The molecule has 0 radical (unpaired) electrons. The number of nitrogens with zero attached hydrogens (tertiary/aromatic N) is 4. The Morgan fingerprint density at radius 2 is 1.71 bits per heavy atom. The van der Waals surface area contributed by atoms with E-state index in [2.05, 4.69) is 40.0 Å². The number of amides is 1. The number of hydrogen-bond acceptors (Lipinski definition) is 5. The standard InChI is InChI=1S/C22H31N5O/c1-15(2)21-23-17(4)14-20(25-21)27-12-10-26(11-13-27)18(5)22(28)24-19-9-7-6-8-16(19)3/h6-9,14-15,18H,10-13H2,1-5H3,(H,24,28)/t18-/m0/s1. The van der Waals surface area contributed by atoms with Crippen LogP contribution in [0.5, 0.6) is 0 Å². The molecule has 6 heteroatoms. The van der Waals surface area contributed by atoms with Gasteiger partial charge in [-0.1, -0.05) is 32.0 Å². The average molecular weight is 382 g/mol. The molecule has 0 aliphatic carbocycles. The molecule has 1 amide bonds. The van der Waals surface area contributed by atoms with Crippen molar-refractivity contribution in [2.45, 2.75) is 46.6 Å². The van der Waals surface area contributed by atoms with Gasteiger partial charge in [-0.15, -0.1) is 0 Å². The summed E-state index contributed by atoms with van der Waals surface area (Å²) in [5, 5.41) is 3.06. The second kappa shape index (κ2) is 8.69. The van der Waals surface area contributed by atoms with E-state index in [0.717, 1.165) is 54.8 Å². The largest absolute Gasteiger partial charge is 0.354 e. The first-order valence-electron chi connectivity index (χ1n) is 10.1. The van der Waals surface area contributed by atoms with Crippen molar-refractivity contribution in [2.75, 3.05) is 36.4 Å². The molecule has 0 saturated carbocycles. The third-order valence-corrected chi connectivity index (χ3v) is 5.34. The lowest BCUT2D eigenvalue weighted by atomic mass is 10.1. The summed E-state index contributed by atoms with van der Waals surface area (Å²) in [6, 6.07) is 9.76. The Labute approximate surface area is 168 Å². The van der Waals surface area contributed by atoms with Gasteiger partial charge in [0.15, 0.2) is 0 Å². The van der Waals surface area contributed by atoms with Crippen LogP contribution in [-0.2, 0) is 4.79 Å². The lowest BCUT2D eigenvalue weighted by Gasteiger charge is -2.38. The van der Waals surface area contributed by atoms with E-state index in [0.29, 0.717) is 5.92 Å². The number of rotatable bonds is 5. The summed E-state index contributed by atoms with van der Waals surface area (Å²) in [7, 11) is 0. The molecular formula is C22H31N5O. The average Bonchev–Trinajstić information content (AvgIpc) is 2.68. The Kier molecular flexibility index (Phi) is 6.29. The predicted octanol–water partition coefficient (Wildman–Crippen LogP) is 3.37. The van der Waals surface area contributed by atoms with Gasteiger partial charge in [0.25, 0.3) is 0 Å². The van der Waals surface area contributed by atoms with Crippen LogP contribution in [0.3, 0.4) is 0 Å². The first-order valence-corrected chi connectivity index (χ1v) is 10.1. The number of carbonyl (C=O) groups excluding carboxylic acids is 1. The molecule has 6 nitrogen and oxygen atoms in total. The zero-order valence-electron chi connectivity index (χ0n) is 17.6. The zero-order chi connectivity index (χ0) is 20.3. The Morgan fingerprint density at radius 1 is 1.04 bits per heavy atom. The van der Waals surface area contributed by atoms with Gasteiger partial charge in [0.2, 0.25) is 5.91 Å². The minimum atomic E-state index is -0.167. The molecule has 3 rings (SSSR count). The van der Waals surface area contributed by atoms with Crippen LogP contribution in [0.25, 0.3) is 0 Å². The lowest BCUT2D eigenvalue weighted by Crippen LogP contribution is -2.53. The second-order valence-corrected chi connectivity index (χ2v) is 7.88. The van der Waals surface area contributed by atoms with Crippen LogP contribution in [0.15, 0.2) is 30.3 Å². The van der Waals surface area contributed by atoms with E-state index < -0.39 is 0 Å². The van der Waals surface area contributed by atoms with Crippen molar-refractivity contribution >= 4 is 17.4 Å². The Morgan fingerprint density at radius 3 is 2.36 bits per heavy atom. The zero-order valence-corrected chi connectivity index (χ0v) is 17.6. The van der Waals surface area contributed by atoms with E-state index in [1.165, 1.54) is 0 Å². The summed E-state index contributed by atoms with van der Waals surface area (Å²) in [5.41, 5.74) is 2.96. The van der Waals surface area contributed by atoms with Gasteiger partial charge in [0.1, 0.15) is 11.6 Å². The summed E-state index contributed by atoms with van der Waals surface area (Å²) >= 11 is 0. The Hall–Kier alpha value is -2.47. The van der Waals surface area contributed by atoms with Crippen molar-refractivity contribution in [3.63, 3.8) is 0 Å². The van der Waals surface area contributed by atoms with E-state index in [4.69, 9.17) is 4.98 Å². The number of hydrogen-bond donors (Lipinski definition) is 1. The molecule has 1 atom stereocenters. The number of benzene rings is 1. The highest BCUT2D eigenvalue weighted by molar-refractivity contribution is 5.95. The van der Waals surface area contributed by atoms with E-state index in [1.54, 1.807) is 0 Å².